The molecule has 0 amide bonds. The van der Waals surface area contributed by atoms with Crippen LogP contribution in [-0.2, 0) is 18.3 Å². The zero-order valence-electron chi connectivity index (χ0n) is 35.0. The van der Waals surface area contributed by atoms with E-state index in [4.69, 9.17) is 0 Å². The first-order valence-electron chi connectivity index (χ1n) is 21.6. The Morgan fingerprint density at radius 2 is 0.803 bits per heavy atom. The van der Waals surface area contributed by atoms with E-state index in [9.17, 15) is 0 Å². The SMILES string of the molecule is Cc1cc(-c2ccc(-c3ccccc3)cc2)ccc1N(c1ccc2c(c1)-c1ccccc1CCc1ccccc1-c1ccccc1-2)c1ccc2c(c1)C(C)(C)c1ccccc1-2. The van der Waals surface area contributed by atoms with Crippen molar-refractivity contribution < 1.29 is 0 Å². The van der Waals surface area contributed by atoms with Crippen molar-refractivity contribution >= 4 is 17.1 Å². The molecule has 0 spiro atoms. The highest BCUT2D eigenvalue weighted by Gasteiger charge is 2.36. The standard InChI is InChI=1S/C60H47N/c1-40-37-46(43-27-25-42(26-28-43)41-15-5-4-6-16-41)31-36-59(40)61(48-33-35-55-54-23-13-14-24-57(54)60(2,3)58(55)39-48)47-32-34-53-52-22-12-11-21-51(52)49-19-9-7-17-44(49)29-30-45-18-8-10-20-50(45)56(53)38-47/h4-28,31-39H,29-30H2,1-3H3. The van der Waals surface area contributed by atoms with Gasteiger partial charge in [0.1, 0.15) is 0 Å². The van der Waals surface area contributed by atoms with E-state index >= 15 is 0 Å². The highest BCUT2D eigenvalue weighted by molar-refractivity contribution is 5.96. The predicted molar refractivity (Wildman–Crippen MR) is 258 cm³/mol. The Hall–Kier alpha value is -7.22. The summed E-state index contributed by atoms with van der Waals surface area (Å²) in [5, 5.41) is 0. The summed E-state index contributed by atoms with van der Waals surface area (Å²) in [5.41, 5.74) is 25.3. The van der Waals surface area contributed by atoms with Crippen molar-refractivity contribution in [1.29, 1.82) is 0 Å². The van der Waals surface area contributed by atoms with Crippen LogP contribution in [0.5, 0.6) is 0 Å². The quantitative estimate of drug-likeness (QED) is 0.168. The fourth-order valence-corrected chi connectivity index (χ4v) is 10.2. The first-order chi connectivity index (χ1) is 29.9. The maximum absolute atomic E-state index is 2.50. The second kappa shape index (κ2) is 14.8. The fourth-order valence-electron chi connectivity index (χ4n) is 10.2. The molecule has 11 rings (SSSR count). The van der Waals surface area contributed by atoms with Crippen LogP contribution in [0.4, 0.5) is 17.1 Å². The second-order valence-corrected chi connectivity index (χ2v) is 17.3. The average molecular weight is 782 g/mol. The van der Waals surface area contributed by atoms with E-state index in [1.54, 1.807) is 0 Å². The van der Waals surface area contributed by atoms with Gasteiger partial charge in [0.2, 0.25) is 0 Å². The van der Waals surface area contributed by atoms with E-state index < -0.39 is 0 Å². The Bertz CT molecular complexity index is 3110. The van der Waals surface area contributed by atoms with Crippen molar-refractivity contribution in [3.63, 3.8) is 0 Å². The van der Waals surface area contributed by atoms with Gasteiger partial charge in [-0.05, 0) is 151 Å². The molecule has 0 saturated carbocycles. The smallest absolute Gasteiger partial charge is 0.0491 e. The maximum atomic E-state index is 2.50. The molecule has 0 saturated heterocycles. The van der Waals surface area contributed by atoms with Gasteiger partial charge in [0, 0.05) is 22.5 Å². The Labute approximate surface area is 360 Å². The molecule has 0 heterocycles. The van der Waals surface area contributed by atoms with Crippen LogP contribution in [0.25, 0.3) is 66.8 Å². The zero-order valence-corrected chi connectivity index (χ0v) is 35.0. The van der Waals surface area contributed by atoms with Crippen LogP contribution in [0.3, 0.4) is 0 Å². The van der Waals surface area contributed by atoms with Gasteiger partial charge < -0.3 is 4.90 Å². The van der Waals surface area contributed by atoms with Crippen molar-refractivity contribution in [3.8, 4) is 66.8 Å². The highest BCUT2D eigenvalue weighted by atomic mass is 15.1. The van der Waals surface area contributed by atoms with E-state index in [-0.39, 0.29) is 5.41 Å². The first-order valence-corrected chi connectivity index (χ1v) is 21.6. The molecule has 0 unspecified atom stereocenters. The molecule has 0 radical (unpaired) electrons. The van der Waals surface area contributed by atoms with E-state index in [1.807, 2.05) is 0 Å². The third-order valence-corrected chi connectivity index (χ3v) is 13.3. The van der Waals surface area contributed by atoms with Gasteiger partial charge in [0.15, 0.2) is 0 Å². The van der Waals surface area contributed by atoms with Gasteiger partial charge in [0.05, 0.1) is 0 Å². The molecule has 1 nitrogen and oxygen atoms in total. The van der Waals surface area contributed by atoms with Crippen LogP contribution in [0.2, 0.25) is 0 Å². The lowest BCUT2D eigenvalue weighted by atomic mass is 9.82. The molecule has 0 bridgehead atoms. The number of rotatable bonds is 5. The Kier molecular flexibility index (Phi) is 8.94. The number of benzene rings is 9. The summed E-state index contributed by atoms with van der Waals surface area (Å²) in [7, 11) is 0. The summed E-state index contributed by atoms with van der Waals surface area (Å²) >= 11 is 0. The van der Waals surface area contributed by atoms with Crippen LogP contribution in [0.15, 0.2) is 206 Å². The molecule has 292 valence electrons. The van der Waals surface area contributed by atoms with Crippen LogP contribution >= 0.6 is 0 Å². The molecular formula is C60H47N. The van der Waals surface area contributed by atoms with E-state index in [2.05, 4.69) is 232 Å². The van der Waals surface area contributed by atoms with Crippen molar-refractivity contribution in [2.45, 2.75) is 39.0 Å². The number of hydrogen-bond donors (Lipinski definition) is 0. The Morgan fingerprint density at radius 3 is 1.48 bits per heavy atom. The molecule has 0 atom stereocenters. The predicted octanol–water partition coefficient (Wildman–Crippen LogP) is 16.2. The van der Waals surface area contributed by atoms with Crippen molar-refractivity contribution in [2.24, 2.45) is 0 Å². The number of anilines is 3. The molecular weight excluding hydrogens is 735 g/mol. The Morgan fingerprint density at radius 1 is 0.344 bits per heavy atom. The number of hydrogen-bond acceptors (Lipinski definition) is 1. The third kappa shape index (κ3) is 6.32. The molecule has 0 fully saturated rings. The minimum absolute atomic E-state index is 0.125. The molecule has 9 aromatic carbocycles. The zero-order chi connectivity index (χ0) is 41.1. The molecule has 2 aliphatic rings. The lowest BCUT2D eigenvalue weighted by Crippen LogP contribution is -2.17. The van der Waals surface area contributed by atoms with Crippen molar-refractivity contribution in [1.82, 2.24) is 0 Å². The lowest BCUT2D eigenvalue weighted by Gasteiger charge is -2.30. The minimum atomic E-state index is -0.125. The first kappa shape index (κ1) is 36.8. The van der Waals surface area contributed by atoms with Gasteiger partial charge in [-0.3, -0.25) is 0 Å². The molecule has 0 aromatic heterocycles. The maximum Gasteiger partial charge on any atom is 0.0491 e. The van der Waals surface area contributed by atoms with Gasteiger partial charge in [-0.1, -0.05) is 184 Å². The van der Waals surface area contributed by atoms with E-state index in [1.165, 1.54) is 100 Å². The van der Waals surface area contributed by atoms with Crippen LogP contribution in [0.1, 0.15) is 41.7 Å². The molecule has 1 heteroatoms. The molecule has 9 aromatic rings. The summed E-state index contributed by atoms with van der Waals surface area (Å²) in [6.07, 6.45) is 1.95. The highest BCUT2D eigenvalue weighted by Crippen LogP contribution is 2.52. The number of fused-ring (bicyclic) bond motifs is 10. The summed E-state index contributed by atoms with van der Waals surface area (Å²) < 4.78 is 0. The second-order valence-electron chi connectivity index (χ2n) is 17.3. The summed E-state index contributed by atoms with van der Waals surface area (Å²) in [6, 6.07) is 76.8. The van der Waals surface area contributed by atoms with Gasteiger partial charge in [-0.2, -0.15) is 0 Å². The largest absolute Gasteiger partial charge is 0.310 e. The van der Waals surface area contributed by atoms with Crippen molar-refractivity contribution in [2.75, 3.05) is 4.90 Å². The number of nitrogens with zero attached hydrogens (tertiary/aromatic N) is 1. The lowest BCUT2D eigenvalue weighted by molar-refractivity contribution is 0.660. The van der Waals surface area contributed by atoms with Gasteiger partial charge in [0.25, 0.3) is 0 Å². The van der Waals surface area contributed by atoms with Crippen LogP contribution < -0.4 is 4.90 Å². The topological polar surface area (TPSA) is 3.24 Å². The molecule has 2 aliphatic carbocycles. The average Bonchev–Trinajstić information content (AvgIpc) is 3.54. The number of aryl methyl sites for hydroxylation is 3. The van der Waals surface area contributed by atoms with Gasteiger partial charge >= 0.3 is 0 Å². The monoisotopic (exact) mass is 781 g/mol. The van der Waals surface area contributed by atoms with Gasteiger partial charge in [-0.15, -0.1) is 0 Å². The van der Waals surface area contributed by atoms with E-state index in [0.717, 1.165) is 24.2 Å². The van der Waals surface area contributed by atoms with Crippen LogP contribution in [0, 0.1) is 6.92 Å². The summed E-state index contributed by atoms with van der Waals surface area (Å²) in [4.78, 5) is 2.50. The third-order valence-electron chi connectivity index (χ3n) is 13.3. The molecule has 0 aliphatic heterocycles. The molecule has 61 heavy (non-hydrogen) atoms. The minimum Gasteiger partial charge on any atom is -0.310 e. The molecule has 0 N–H and O–H groups in total. The summed E-state index contributed by atoms with van der Waals surface area (Å²) in [6.45, 7) is 7.01. The van der Waals surface area contributed by atoms with Gasteiger partial charge in [-0.25, -0.2) is 0 Å². The fraction of sp³-hybridized carbons (Fsp3) is 0.100. The van der Waals surface area contributed by atoms with Crippen LogP contribution in [-0.4, -0.2) is 0 Å². The normalized spacial score (nSPS) is 13.2. The van der Waals surface area contributed by atoms with E-state index in [0.29, 0.717) is 0 Å². The Balaban J connectivity index is 1.10. The summed E-state index contributed by atoms with van der Waals surface area (Å²) in [5.74, 6) is 0. The van der Waals surface area contributed by atoms with Crippen molar-refractivity contribution in [3.05, 3.63) is 234 Å².